The van der Waals surface area contributed by atoms with E-state index in [9.17, 15) is 0 Å². The number of nitrogens with zero attached hydrogens (tertiary/aromatic N) is 1. The normalized spacial score (nSPS) is 26.5. The maximum absolute atomic E-state index is 5.51. The molecule has 1 aliphatic rings. The molecule has 1 aliphatic heterocycles. The zero-order chi connectivity index (χ0) is 9.19. The molecule has 12 heavy (non-hydrogen) atoms. The number of hydrogen-bond donors (Lipinski definition) is 0. The molecule has 1 saturated heterocycles. The van der Waals surface area contributed by atoms with Crippen molar-refractivity contribution in [3.63, 3.8) is 0 Å². The van der Waals surface area contributed by atoms with Gasteiger partial charge >= 0.3 is 0 Å². The molecule has 0 saturated carbocycles. The van der Waals surface area contributed by atoms with Crippen LogP contribution in [0, 0.1) is 0 Å². The van der Waals surface area contributed by atoms with E-state index in [0.29, 0.717) is 6.04 Å². The monoisotopic (exact) mass is 171 g/mol. The van der Waals surface area contributed by atoms with E-state index >= 15 is 0 Å². The van der Waals surface area contributed by atoms with Crippen molar-refractivity contribution in [2.45, 2.75) is 45.3 Å². The van der Waals surface area contributed by atoms with Crippen LogP contribution < -0.4 is 0 Å². The molecule has 0 aromatic rings. The molecule has 1 heterocycles. The van der Waals surface area contributed by atoms with Gasteiger partial charge < -0.3 is 4.74 Å². The number of hydrogen-bond acceptors (Lipinski definition) is 2. The van der Waals surface area contributed by atoms with Gasteiger partial charge in [0.2, 0.25) is 0 Å². The third kappa shape index (κ3) is 1.80. The highest BCUT2D eigenvalue weighted by molar-refractivity contribution is 4.91. The van der Waals surface area contributed by atoms with Crippen molar-refractivity contribution >= 4 is 0 Å². The first-order valence-corrected chi connectivity index (χ1v) is 4.91. The van der Waals surface area contributed by atoms with Crippen LogP contribution in [0.4, 0.5) is 0 Å². The van der Waals surface area contributed by atoms with Crippen LogP contribution in [-0.2, 0) is 4.74 Å². The summed E-state index contributed by atoms with van der Waals surface area (Å²) < 4.78 is 5.51. The molecule has 0 radical (unpaired) electrons. The molecular formula is C10H21NO. The predicted octanol–water partition coefficient (Wildman–Crippen LogP) is 1.90. The van der Waals surface area contributed by atoms with Crippen molar-refractivity contribution in [3.05, 3.63) is 0 Å². The van der Waals surface area contributed by atoms with Crippen LogP contribution in [0.25, 0.3) is 0 Å². The van der Waals surface area contributed by atoms with Crippen molar-refractivity contribution < 1.29 is 4.74 Å². The number of ether oxygens (including phenoxy) is 1. The second kappa shape index (κ2) is 3.75. The van der Waals surface area contributed by atoms with E-state index in [1.807, 2.05) is 7.11 Å². The summed E-state index contributed by atoms with van der Waals surface area (Å²) in [6.45, 7) is 8.99. The number of methoxy groups -OCH3 is 1. The maximum atomic E-state index is 5.51. The van der Waals surface area contributed by atoms with Crippen molar-refractivity contribution in [1.29, 1.82) is 0 Å². The fourth-order valence-corrected chi connectivity index (χ4v) is 2.13. The summed E-state index contributed by atoms with van der Waals surface area (Å²) in [5.74, 6) is 0. The Kier molecular flexibility index (Phi) is 3.13. The van der Waals surface area contributed by atoms with E-state index in [4.69, 9.17) is 4.74 Å². The Hall–Kier alpha value is -0.0800. The molecule has 2 heteroatoms. The number of likely N-dealkylation sites (N-methyl/N-ethyl adjacent to an activating group) is 1. The van der Waals surface area contributed by atoms with Crippen LogP contribution >= 0.6 is 0 Å². The van der Waals surface area contributed by atoms with Gasteiger partial charge in [0, 0.05) is 13.2 Å². The van der Waals surface area contributed by atoms with Crippen molar-refractivity contribution in [1.82, 2.24) is 4.90 Å². The van der Waals surface area contributed by atoms with Crippen molar-refractivity contribution in [2.24, 2.45) is 0 Å². The Labute approximate surface area is 75.9 Å². The molecule has 72 valence electrons. The lowest BCUT2D eigenvalue weighted by atomic mass is 9.96. The topological polar surface area (TPSA) is 12.5 Å². The molecule has 0 bridgehead atoms. The molecule has 0 N–H and O–H groups in total. The molecule has 0 amide bonds. The van der Waals surface area contributed by atoms with Gasteiger partial charge in [0.15, 0.2) is 0 Å². The van der Waals surface area contributed by atoms with Crippen LogP contribution in [-0.4, -0.2) is 36.7 Å². The second-order valence-corrected chi connectivity index (χ2v) is 4.09. The van der Waals surface area contributed by atoms with Gasteiger partial charge in [-0.1, -0.05) is 6.92 Å². The molecule has 0 aliphatic carbocycles. The molecule has 1 rings (SSSR count). The predicted molar refractivity (Wildman–Crippen MR) is 51.4 cm³/mol. The summed E-state index contributed by atoms with van der Waals surface area (Å²) in [4.78, 5) is 2.52. The summed E-state index contributed by atoms with van der Waals surface area (Å²) >= 11 is 0. The second-order valence-electron chi connectivity index (χ2n) is 4.09. The van der Waals surface area contributed by atoms with Gasteiger partial charge in [0.25, 0.3) is 0 Å². The van der Waals surface area contributed by atoms with E-state index in [2.05, 4.69) is 25.7 Å². The summed E-state index contributed by atoms with van der Waals surface area (Å²) in [6.07, 6.45) is 2.61. The zero-order valence-corrected chi connectivity index (χ0v) is 8.76. The van der Waals surface area contributed by atoms with Gasteiger partial charge in [-0.05, 0) is 39.8 Å². The van der Waals surface area contributed by atoms with Gasteiger partial charge in [-0.25, -0.2) is 0 Å². The summed E-state index contributed by atoms with van der Waals surface area (Å²) in [5.41, 5.74) is 0.0203. The van der Waals surface area contributed by atoms with Crippen LogP contribution in [0.3, 0.4) is 0 Å². The minimum atomic E-state index is 0.0203. The van der Waals surface area contributed by atoms with Crippen LogP contribution in [0.15, 0.2) is 0 Å². The molecule has 0 spiro atoms. The Morgan fingerprint density at radius 2 is 2.17 bits per heavy atom. The third-order valence-corrected chi connectivity index (χ3v) is 3.10. The van der Waals surface area contributed by atoms with E-state index in [1.54, 1.807) is 0 Å². The maximum Gasteiger partial charge on any atom is 0.0777 e. The van der Waals surface area contributed by atoms with Crippen LogP contribution in [0.1, 0.15) is 33.6 Å². The molecule has 2 nitrogen and oxygen atoms in total. The molecular weight excluding hydrogens is 150 g/mol. The molecule has 1 fully saturated rings. The van der Waals surface area contributed by atoms with Gasteiger partial charge in [-0.3, -0.25) is 4.90 Å². The SMILES string of the molecule is CCN1CCCC1C(C)(C)OC. The van der Waals surface area contributed by atoms with E-state index in [-0.39, 0.29) is 5.60 Å². The smallest absolute Gasteiger partial charge is 0.0777 e. The Bertz CT molecular complexity index is 145. The number of likely N-dealkylation sites (tertiary alicyclic amines) is 1. The molecule has 0 aromatic heterocycles. The minimum Gasteiger partial charge on any atom is -0.377 e. The van der Waals surface area contributed by atoms with Gasteiger partial charge in [0.05, 0.1) is 5.60 Å². The van der Waals surface area contributed by atoms with Gasteiger partial charge in [-0.15, -0.1) is 0 Å². The minimum absolute atomic E-state index is 0.0203. The molecule has 1 unspecified atom stereocenters. The molecule has 1 atom stereocenters. The highest BCUT2D eigenvalue weighted by atomic mass is 16.5. The van der Waals surface area contributed by atoms with Gasteiger partial charge in [-0.2, -0.15) is 0 Å². The Morgan fingerprint density at radius 1 is 1.50 bits per heavy atom. The Balaban J connectivity index is 2.60. The average Bonchev–Trinajstić information content (AvgIpc) is 2.52. The fourth-order valence-electron chi connectivity index (χ4n) is 2.13. The van der Waals surface area contributed by atoms with Crippen molar-refractivity contribution in [2.75, 3.05) is 20.2 Å². The summed E-state index contributed by atoms with van der Waals surface area (Å²) in [5, 5.41) is 0. The summed E-state index contributed by atoms with van der Waals surface area (Å²) in [7, 11) is 1.81. The van der Waals surface area contributed by atoms with E-state index in [1.165, 1.54) is 19.4 Å². The average molecular weight is 171 g/mol. The lowest BCUT2D eigenvalue weighted by Crippen LogP contribution is -2.46. The lowest BCUT2D eigenvalue weighted by Gasteiger charge is -2.36. The quantitative estimate of drug-likeness (QED) is 0.643. The van der Waals surface area contributed by atoms with E-state index in [0.717, 1.165) is 6.54 Å². The summed E-state index contributed by atoms with van der Waals surface area (Å²) in [6, 6.07) is 0.618. The first kappa shape index (κ1) is 10.0. The highest BCUT2D eigenvalue weighted by Crippen LogP contribution is 2.28. The third-order valence-electron chi connectivity index (χ3n) is 3.10. The van der Waals surface area contributed by atoms with Crippen LogP contribution in [0.2, 0.25) is 0 Å². The molecule has 0 aromatic carbocycles. The van der Waals surface area contributed by atoms with Crippen LogP contribution in [0.5, 0.6) is 0 Å². The largest absolute Gasteiger partial charge is 0.377 e. The van der Waals surface area contributed by atoms with Gasteiger partial charge in [0.1, 0.15) is 0 Å². The standard InChI is InChI=1S/C10H21NO/c1-5-11-8-6-7-9(11)10(2,3)12-4/h9H,5-8H2,1-4H3. The fraction of sp³-hybridized carbons (Fsp3) is 1.00. The van der Waals surface area contributed by atoms with Crippen molar-refractivity contribution in [3.8, 4) is 0 Å². The van der Waals surface area contributed by atoms with E-state index < -0.39 is 0 Å². The highest BCUT2D eigenvalue weighted by Gasteiger charge is 2.36. The number of rotatable bonds is 3. The zero-order valence-electron chi connectivity index (χ0n) is 8.76. The lowest BCUT2D eigenvalue weighted by molar-refractivity contribution is -0.0388. The Morgan fingerprint density at radius 3 is 2.67 bits per heavy atom. The first-order valence-electron chi connectivity index (χ1n) is 4.91. The first-order chi connectivity index (χ1) is 5.61.